The van der Waals surface area contributed by atoms with Gasteiger partial charge in [-0.25, -0.2) is 0 Å². The lowest BCUT2D eigenvalue weighted by atomic mass is 9.82. The van der Waals surface area contributed by atoms with Crippen molar-refractivity contribution in [2.24, 2.45) is 0 Å². The summed E-state index contributed by atoms with van der Waals surface area (Å²) in [4.78, 5) is 2.53. The molecule has 2 aliphatic heterocycles. The average molecular weight is 141 g/mol. The molecule has 0 aromatic heterocycles. The van der Waals surface area contributed by atoms with Gasteiger partial charge in [0.2, 0.25) is 0 Å². The fraction of sp³-hybridized carbons (Fsp3) is 1.00. The molecule has 2 heteroatoms. The Labute approximate surface area is 61.8 Å². The lowest BCUT2D eigenvalue weighted by Gasteiger charge is -2.48. The van der Waals surface area contributed by atoms with Crippen LogP contribution in [0.4, 0.5) is 0 Å². The zero-order valence-corrected chi connectivity index (χ0v) is 6.34. The van der Waals surface area contributed by atoms with E-state index < -0.39 is 0 Å². The highest BCUT2D eigenvalue weighted by atomic mass is 16.3. The van der Waals surface area contributed by atoms with Gasteiger partial charge in [0.05, 0.1) is 0 Å². The largest absolute Gasteiger partial charge is 0.396 e. The molecule has 2 saturated heterocycles. The summed E-state index contributed by atoms with van der Waals surface area (Å²) in [6, 6.07) is 0. The molecule has 10 heavy (non-hydrogen) atoms. The Balaban J connectivity index is 2.00. The first kappa shape index (κ1) is 6.62. The van der Waals surface area contributed by atoms with Crippen molar-refractivity contribution < 1.29 is 5.11 Å². The van der Waals surface area contributed by atoms with Gasteiger partial charge in [0.1, 0.15) is 0 Å². The molecule has 0 spiro atoms. The van der Waals surface area contributed by atoms with Crippen LogP contribution >= 0.6 is 0 Å². The number of hydrogen-bond donors (Lipinski definition) is 1. The second kappa shape index (κ2) is 2.21. The Morgan fingerprint density at radius 1 is 1.30 bits per heavy atom. The van der Waals surface area contributed by atoms with Gasteiger partial charge in [-0.2, -0.15) is 0 Å². The summed E-state index contributed by atoms with van der Waals surface area (Å²) >= 11 is 0. The Morgan fingerprint density at radius 2 is 2.20 bits per heavy atom. The van der Waals surface area contributed by atoms with Gasteiger partial charge < -0.3 is 5.11 Å². The van der Waals surface area contributed by atoms with Crippen molar-refractivity contribution in [1.29, 1.82) is 0 Å². The van der Waals surface area contributed by atoms with Gasteiger partial charge in [-0.15, -0.1) is 0 Å². The van der Waals surface area contributed by atoms with E-state index in [1.54, 1.807) is 0 Å². The smallest absolute Gasteiger partial charge is 0.0448 e. The molecule has 1 unspecified atom stereocenters. The van der Waals surface area contributed by atoms with Crippen molar-refractivity contribution >= 4 is 0 Å². The molecule has 0 radical (unpaired) electrons. The van der Waals surface area contributed by atoms with Crippen LogP contribution in [0.2, 0.25) is 0 Å². The maximum atomic E-state index is 8.82. The van der Waals surface area contributed by atoms with Gasteiger partial charge >= 0.3 is 0 Å². The highest BCUT2D eigenvalue weighted by Gasteiger charge is 2.46. The first-order valence-corrected chi connectivity index (χ1v) is 4.23. The summed E-state index contributed by atoms with van der Waals surface area (Å²) in [7, 11) is 0. The Hall–Kier alpha value is -0.0800. The number of fused-ring (bicyclic) bond motifs is 1. The fourth-order valence-corrected chi connectivity index (χ4v) is 2.43. The summed E-state index contributed by atoms with van der Waals surface area (Å²) in [5.41, 5.74) is 0.467. The van der Waals surface area contributed by atoms with Crippen LogP contribution in [0.15, 0.2) is 0 Å². The number of aliphatic hydroxyl groups excluding tert-OH is 1. The molecular weight excluding hydrogens is 126 g/mol. The van der Waals surface area contributed by atoms with Gasteiger partial charge in [-0.1, -0.05) is 0 Å². The quantitative estimate of drug-likeness (QED) is 0.609. The average Bonchev–Trinajstić information content (AvgIpc) is 2.15. The van der Waals surface area contributed by atoms with E-state index in [1.807, 2.05) is 0 Å². The predicted molar refractivity (Wildman–Crippen MR) is 39.9 cm³/mol. The first-order valence-electron chi connectivity index (χ1n) is 4.23. The molecule has 2 rings (SSSR count). The number of aliphatic hydroxyl groups is 1. The molecule has 2 nitrogen and oxygen atoms in total. The van der Waals surface area contributed by atoms with Crippen LogP contribution in [0, 0.1) is 0 Å². The molecule has 2 fully saturated rings. The standard InChI is InChI=1S/C8H15NO/c10-7-4-8-2-1-5-9(8)6-3-8/h10H,1-7H2. The minimum atomic E-state index is 0.372. The maximum Gasteiger partial charge on any atom is 0.0448 e. The lowest BCUT2D eigenvalue weighted by Crippen LogP contribution is -2.55. The molecule has 0 bridgehead atoms. The minimum absolute atomic E-state index is 0.372. The van der Waals surface area contributed by atoms with Crippen LogP contribution in [-0.2, 0) is 0 Å². The molecule has 1 atom stereocenters. The highest BCUT2D eigenvalue weighted by molar-refractivity contribution is 5.03. The van der Waals surface area contributed by atoms with Crippen molar-refractivity contribution in [2.45, 2.75) is 31.2 Å². The fourth-order valence-electron chi connectivity index (χ4n) is 2.43. The third kappa shape index (κ3) is 0.722. The second-order valence-electron chi connectivity index (χ2n) is 3.54. The van der Waals surface area contributed by atoms with Gasteiger partial charge in [-0.05, 0) is 32.2 Å². The normalized spacial score (nSPS) is 39.3. The van der Waals surface area contributed by atoms with Crippen LogP contribution in [0.3, 0.4) is 0 Å². The van der Waals surface area contributed by atoms with Crippen LogP contribution in [-0.4, -0.2) is 35.2 Å². The highest BCUT2D eigenvalue weighted by Crippen LogP contribution is 2.42. The SMILES string of the molecule is OCCC12CCCN1CC2. The van der Waals surface area contributed by atoms with E-state index in [9.17, 15) is 0 Å². The van der Waals surface area contributed by atoms with E-state index in [2.05, 4.69) is 4.90 Å². The minimum Gasteiger partial charge on any atom is -0.396 e. The molecule has 2 aliphatic rings. The molecule has 58 valence electrons. The second-order valence-corrected chi connectivity index (χ2v) is 3.54. The summed E-state index contributed by atoms with van der Waals surface area (Å²) in [6.45, 7) is 2.93. The van der Waals surface area contributed by atoms with E-state index in [0.717, 1.165) is 6.42 Å². The zero-order chi connectivity index (χ0) is 7.03. The summed E-state index contributed by atoms with van der Waals surface area (Å²) in [6.07, 6.45) is 5.01. The van der Waals surface area contributed by atoms with E-state index in [0.29, 0.717) is 12.1 Å². The molecule has 0 aromatic rings. The van der Waals surface area contributed by atoms with Crippen LogP contribution in [0.25, 0.3) is 0 Å². The summed E-state index contributed by atoms with van der Waals surface area (Å²) in [5, 5.41) is 8.82. The van der Waals surface area contributed by atoms with Gasteiger partial charge in [0.15, 0.2) is 0 Å². The predicted octanol–water partition coefficient (Wildman–Crippen LogP) is 0.607. The molecular formula is C8H15NO. The van der Waals surface area contributed by atoms with Crippen molar-refractivity contribution in [1.82, 2.24) is 4.90 Å². The van der Waals surface area contributed by atoms with Crippen LogP contribution in [0.5, 0.6) is 0 Å². The number of nitrogens with zero attached hydrogens (tertiary/aromatic N) is 1. The molecule has 1 N–H and O–H groups in total. The van der Waals surface area contributed by atoms with Gasteiger partial charge in [0.25, 0.3) is 0 Å². The molecule has 2 heterocycles. The van der Waals surface area contributed by atoms with Crippen LogP contribution in [0.1, 0.15) is 25.7 Å². The Kier molecular flexibility index (Phi) is 1.46. The summed E-state index contributed by atoms with van der Waals surface area (Å²) < 4.78 is 0. The van der Waals surface area contributed by atoms with Crippen LogP contribution < -0.4 is 0 Å². The van der Waals surface area contributed by atoms with Gasteiger partial charge in [-0.3, -0.25) is 4.90 Å². The van der Waals surface area contributed by atoms with Crippen molar-refractivity contribution in [3.05, 3.63) is 0 Å². The van der Waals surface area contributed by atoms with E-state index in [1.165, 1.54) is 32.4 Å². The van der Waals surface area contributed by atoms with E-state index in [4.69, 9.17) is 5.11 Å². The Bertz CT molecular complexity index is 137. The molecule has 0 amide bonds. The summed E-state index contributed by atoms with van der Waals surface area (Å²) in [5.74, 6) is 0. The third-order valence-electron chi connectivity index (χ3n) is 3.17. The molecule has 0 saturated carbocycles. The van der Waals surface area contributed by atoms with Crippen molar-refractivity contribution in [3.63, 3.8) is 0 Å². The zero-order valence-electron chi connectivity index (χ0n) is 6.34. The first-order chi connectivity index (χ1) is 4.87. The third-order valence-corrected chi connectivity index (χ3v) is 3.17. The number of hydrogen-bond acceptors (Lipinski definition) is 2. The van der Waals surface area contributed by atoms with E-state index in [-0.39, 0.29) is 0 Å². The lowest BCUT2D eigenvalue weighted by molar-refractivity contribution is 0.00701. The number of rotatable bonds is 2. The Morgan fingerprint density at radius 3 is 2.70 bits per heavy atom. The van der Waals surface area contributed by atoms with E-state index >= 15 is 0 Å². The monoisotopic (exact) mass is 141 g/mol. The maximum absolute atomic E-state index is 8.82. The molecule has 0 aliphatic carbocycles. The topological polar surface area (TPSA) is 23.5 Å². The van der Waals surface area contributed by atoms with Gasteiger partial charge in [0, 0.05) is 18.7 Å². The molecule has 0 aromatic carbocycles. The van der Waals surface area contributed by atoms with Crippen molar-refractivity contribution in [3.8, 4) is 0 Å². The van der Waals surface area contributed by atoms with Crippen molar-refractivity contribution in [2.75, 3.05) is 19.7 Å².